The van der Waals surface area contributed by atoms with E-state index in [-0.39, 0.29) is 5.84 Å². The standard InChI is InChI=1S/C15H23N3O2/c1-11-8-12(15(16)17-19)5-6-13(11)9-18-7-3-4-14(10-18)20-2/h5-6,8,14,19H,3-4,7,9-10H2,1-2H3,(H2,16,17). The van der Waals surface area contributed by atoms with E-state index < -0.39 is 0 Å². The summed E-state index contributed by atoms with van der Waals surface area (Å²) in [6.45, 7) is 5.07. The quantitative estimate of drug-likeness (QED) is 0.380. The summed E-state index contributed by atoms with van der Waals surface area (Å²) in [5.74, 6) is 0.150. The molecule has 1 atom stereocenters. The van der Waals surface area contributed by atoms with Crippen molar-refractivity contribution < 1.29 is 9.94 Å². The van der Waals surface area contributed by atoms with Crippen LogP contribution in [0.2, 0.25) is 0 Å². The highest BCUT2D eigenvalue weighted by molar-refractivity contribution is 5.97. The van der Waals surface area contributed by atoms with E-state index in [0.29, 0.717) is 6.10 Å². The minimum absolute atomic E-state index is 0.150. The summed E-state index contributed by atoms with van der Waals surface area (Å²) in [4.78, 5) is 2.42. The highest BCUT2D eigenvalue weighted by Gasteiger charge is 2.19. The molecule has 1 aromatic carbocycles. The van der Waals surface area contributed by atoms with Gasteiger partial charge >= 0.3 is 0 Å². The lowest BCUT2D eigenvalue weighted by molar-refractivity contribution is 0.0285. The number of nitrogens with two attached hydrogens (primary N) is 1. The van der Waals surface area contributed by atoms with Crippen LogP contribution in [0.4, 0.5) is 0 Å². The van der Waals surface area contributed by atoms with Crippen molar-refractivity contribution in [1.82, 2.24) is 4.90 Å². The van der Waals surface area contributed by atoms with Crippen LogP contribution in [0.1, 0.15) is 29.5 Å². The van der Waals surface area contributed by atoms with Gasteiger partial charge < -0.3 is 15.7 Å². The molecule has 2 rings (SSSR count). The van der Waals surface area contributed by atoms with E-state index in [4.69, 9.17) is 15.7 Å². The molecule has 3 N–H and O–H groups in total. The van der Waals surface area contributed by atoms with Crippen molar-refractivity contribution in [1.29, 1.82) is 0 Å². The molecule has 0 amide bonds. The van der Waals surface area contributed by atoms with Gasteiger partial charge in [0.1, 0.15) is 0 Å². The number of hydrogen-bond donors (Lipinski definition) is 2. The van der Waals surface area contributed by atoms with Crippen LogP contribution in [0, 0.1) is 6.92 Å². The number of benzene rings is 1. The first kappa shape index (κ1) is 14.8. The third-order valence-corrected chi connectivity index (χ3v) is 3.94. The molecule has 1 heterocycles. The number of oxime groups is 1. The van der Waals surface area contributed by atoms with Crippen LogP contribution in [0.15, 0.2) is 23.4 Å². The lowest BCUT2D eigenvalue weighted by Crippen LogP contribution is -2.38. The number of ether oxygens (including phenoxy) is 1. The number of likely N-dealkylation sites (tertiary alicyclic amines) is 1. The van der Waals surface area contributed by atoms with E-state index in [0.717, 1.165) is 37.2 Å². The smallest absolute Gasteiger partial charge is 0.170 e. The first-order valence-corrected chi connectivity index (χ1v) is 6.96. The van der Waals surface area contributed by atoms with Crippen molar-refractivity contribution in [2.75, 3.05) is 20.2 Å². The Morgan fingerprint density at radius 2 is 2.35 bits per heavy atom. The lowest BCUT2D eigenvalue weighted by Gasteiger charge is -2.32. The van der Waals surface area contributed by atoms with E-state index in [2.05, 4.69) is 23.0 Å². The Morgan fingerprint density at radius 1 is 1.55 bits per heavy atom. The fourth-order valence-electron chi connectivity index (χ4n) is 2.68. The second-order valence-corrected chi connectivity index (χ2v) is 5.36. The zero-order chi connectivity index (χ0) is 14.5. The first-order valence-electron chi connectivity index (χ1n) is 6.96. The predicted octanol–water partition coefficient (Wildman–Crippen LogP) is 1.70. The Balaban J connectivity index is 2.06. The molecular weight excluding hydrogens is 254 g/mol. The molecular formula is C15H23N3O2. The molecule has 5 heteroatoms. The van der Waals surface area contributed by atoms with Crippen LogP contribution >= 0.6 is 0 Å². The zero-order valence-corrected chi connectivity index (χ0v) is 12.2. The van der Waals surface area contributed by atoms with Gasteiger partial charge in [0.25, 0.3) is 0 Å². The van der Waals surface area contributed by atoms with Crippen LogP contribution in [-0.2, 0) is 11.3 Å². The number of hydrogen-bond acceptors (Lipinski definition) is 4. The molecule has 110 valence electrons. The minimum Gasteiger partial charge on any atom is -0.409 e. The van der Waals surface area contributed by atoms with Gasteiger partial charge in [0.2, 0.25) is 0 Å². The van der Waals surface area contributed by atoms with Gasteiger partial charge in [-0.05, 0) is 43.5 Å². The summed E-state index contributed by atoms with van der Waals surface area (Å²) in [5, 5.41) is 11.7. The summed E-state index contributed by atoms with van der Waals surface area (Å²) < 4.78 is 5.45. The van der Waals surface area contributed by atoms with Crippen molar-refractivity contribution >= 4 is 5.84 Å². The molecule has 0 aliphatic carbocycles. The molecule has 1 unspecified atom stereocenters. The van der Waals surface area contributed by atoms with E-state index in [1.807, 2.05) is 12.1 Å². The van der Waals surface area contributed by atoms with Crippen molar-refractivity contribution in [3.63, 3.8) is 0 Å². The highest BCUT2D eigenvalue weighted by Crippen LogP contribution is 2.18. The molecule has 0 saturated carbocycles. The number of rotatable bonds is 4. The molecule has 20 heavy (non-hydrogen) atoms. The topological polar surface area (TPSA) is 71.1 Å². The molecule has 1 saturated heterocycles. The van der Waals surface area contributed by atoms with Crippen LogP contribution in [0.5, 0.6) is 0 Å². The summed E-state index contributed by atoms with van der Waals surface area (Å²) in [5.41, 5.74) is 8.79. The normalized spacial score (nSPS) is 21.1. The Kier molecular flexibility index (Phi) is 4.98. The molecule has 1 fully saturated rings. The molecule has 0 spiro atoms. The van der Waals surface area contributed by atoms with Crippen LogP contribution in [-0.4, -0.2) is 42.2 Å². The van der Waals surface area contributed by atoms with Gasteiger partial charge in [-0.15, -0.1) is 0 Å². The van der Waals surface area contributed by atoms with Gasteiger partial charge in [-0.1, -0.05) is 17.3 Å². The van der Waals surface area contributed by atoms with Gasteiger partial charge in [-0.2, -0.15) is 0 Å². The SMILES string of the molecule is COC1CCCN(Cc2ccc(/C(N)=N/O)cc2C)C1. The van der Waals surface area contributed by atoms with Crippen molar-refractivity contribution in [2.24, 2.45) is 10.9 Å². The molecule has 5 nitrogen and oxygen atoms in total. The zero-order valence-electron chi connectivity index (χ0n) is 12.2. The van der Waals surface area contributed by atoms with E-state index in [1.165, 1.54) is 12.0 Å². The molecule has 0 aromatic heterocycles. The number of piperidine rings is 1. The summed E-state index contributed by atoms with van der Waals surface area (Å²) in [6.07, 6.45) is 2.68. The minimum atomic E-state index is 0.150. The molecule has 1 aliphatic rings. The van der Waals surface area contributed by atoms with Gasteiger partial charge in [-0.25, -0.2) is 0 Å². The van der Waals surface area contributed by atoms with Gasteiger partial charge in [0.15, 0.2) is 5.84 Å². The molecule has 1 aromatic rings. The first-order chi connectivity index (χ1) is 9.63. The Morgan fingerprint density at radius 3 is 3.00 bits per heavy atom. The van der Waals surface area contributed by atoms with Crippen molar-refractivity contribution in [2.45, 2.75) is 32.4 Å². The monoisotopic (exact) mass is 277 g/mol. The van der Waals surface area contributed by atoms with Crippen molar-refractivity contribution in [3.8, 4) is 0 Å². The summed E-state index contributed by atoms with van der Waals surface area (Å²) in [6, 6.07) is 5.91. The predicted molar refractivity (Wildman–Crippen MR) is 79.0 cm³/mol. The van der Waals surface area contributed by atoms with Crippen LogP contribution < -0.4 is 5.73 Å². The van der Waals surface area contributed by atoms with Gasteiger partial charge in [0, 0.05) is 25.8 Å². The third kappa shape index (κ3) is 3.49. The maximum atomic E-state index is 8.71. The number of nitrogens with zero attached hydrogens (tertiary/aromatic N) is 2. The van der Waals surface area contributed by atoms with E-state index in [1.54, 1.807) is 7.11 Å². The maximum Gasteiger partial charge on any atom is 0.170 e. The van der Waals surface area contributed by atoms with Crippen LogP contribution in [0.3, 0.4) is 0 Å². The average molecular weight is 277 g/mol. The highest BCUT2D eigenvalue weighted by atomic mass is 16.5. The molecule has 0 radical (unpaired) electrons. The van der Waals surface area contributed by atoms with Crippen molar-refractivity contribution in [3.05, 3.63) is 34.9 Å². The van der Waals surface area contributed by atoms with Crippen LogP contribution in [0.25, 0.3) is 0 Å². The second kappa shape index (κ2) is 6.72. The number of amidine groups is 1. The fourth-order valence-corrected chi connectivity index (χ4v) is 2.68. The second-order valence-electron chi connectivity index (χ2n) is 5.36. The van der Waals surface area contributed by atoms with Gasteiger partial charge in [-0.3, -0.25) is 4.90 Å². The lowest BCUT2D eigenvalue weighted by atomic mass is 10.0. The fraction of sp³-hybridized carbons (Fsp3) is 0.533. The van der Waals surface area contributed by atoms with Gasteiger partial charge in [0.05, 0.1) is 6.10 Å². The Hall–Kier alpha value is -1.59. The largest absolute Gasteiger partial charge is 0.409 e. The Bertz CT molecular complexity index is 488. The summed E-state index contributed by atoms with van der Waals surface area (Å²) >= 11 is 0. The summed E-state index contributed by atoms with van der Waals surface area (Å²) in [7, 11) is 1.78. The maximum absolute atomic E-state index is 8.71. The molecule has 0 bridgehead atoms. The molecule has 1 aliphatic heterocycles. The van der Waals surface area contributed by atoms with E-state index in [9.17, 15) is 0 Å². The third-order valence-electron chi connectivity index (χ3n) is 3.94. The number of aryl methyl sites for hydroxylation is 1. The Labute approximate surface area is 120 Å². The van der Waals surface area contributed by atoms with E-state index >= 15 is 0 Å². The number of methoxy groups -OCH3 is 1. The average Bonchev–Trinajstić information content (AvgIpc) is 2.48.